The Morgan fingerprint density at radius 2 is 1.75 bits per heavy atom. The summed E-state index contributed by atoms with van der Waals surface area (Å²) in [5.41, 5.74) is 6.47. The van der Waals surface area contributed by atoms with Crippen molar-refractivity contribution in [3.63, 3.8) is 0 Å². The Hall–Kier alpha value is -0.900. The zero-order valence-electron chi connectivity index (χ0n) is 13.5. The number of rotatable bonds is 3. The average molecular weight is 279 g/mol. The Labute approximate surface area is 122 Å². The zero-order chi connectivity index (χ0) is 14.9. The Kier molecular flexibility index (Phi) is 4.52. The summed E-state index contributed by atoms with van der Waals surface area (Å²) in [6.07, 6.45) is 4.85. The lowest BCUT2D eigenvalue weighted by Crippen LogP contribution is -2.25. The van der Waals surface area contributed by atoms with Crippen LogP contribution in [0, 0.1) is 17.3 Å². The maximum absolute atomic E-state index is 6.06. The third kappa shape index (κ3) is 3.40. The van der Waals surface area contributed by atoms with E-state index in [1.54, 1.807) is 0 Å². The van der Waals surface area contributed by atoms with E-state index in [-0.39, 0.29) is 6.04 Å². The van der Waals surface area contributed by atoms with Gasteiger partial charge in [-0.1, -0.05) is 39.8 Å². The lowest BCUT2D eigenvalue weighted by molar-refractivity contribution is 0.166. The van der Waals surface area contributed by atoms with Crippen LogP contribution in [0.4, 0.5) is 0 Å². The van der Waals surface area contributed by atoms with Gasteiger partial charge in [-0.05, 0) is 42.9 Å². The fourth-order valence-electron chi connectivity index (χ4n) is 3.05. The zero-order valence-corrected chi connectivity index (χ0v) is 13.5. The van der Waals surface area contributed by atoms with Crippen molar-refractivity contribution in [2.24, 2.45) is 23.0 Å². The molecule has 1 saturated carbocycles. The van der Waals surface area contributed by atoms with E-state index in [0.29, 0.717) is 23.1 Å². The van der Waals surface area contributed by atoms with Gasteiger partial charge in [-0.15, -0.1) is 0 Å². The van der Waals surface area contributed by atoms with Gasteiger partial charge in [-0.3, -0.25) is 0 Å². The van der Waals surface area contributed by atoms with Crippen molar-refractivity contribution in [3.05, 3.63) is 11.7 Å². The average Bonchev–Trinajstić information content (AvgIpc) is 2.86. The molecule has 0 bridgehead atoms. The summed E-state index contributed by atoms with van der Waals surface area (Å²) in [7, 11) is 0. The maximum Gasteiger partial charge on any atom is 0.243 e. The number of hydrogen-bond acceptors (Lipinski definition) is 4. The number of hydrogen-bond donors (Lipinski definition) is 1. The molecule has 1 aromatic heterocycles. The molecule has 0 spiro atoms. The molecule has 4 heteroatoms. The Morgan fingerprint density at radius 1 is 1.15 bits per heavy atom. The van der Waals surface area contributed by atoms with Crippen LogP contribution in [-0.2, 0) is 0 Å². The highest BCUT2D eigenvalue weighted by molar-refractivity contribution is 5.01. The standard InChI is InChI=1S/C16H29N3O/c1-10(2)13(17)15-18-14(19-20-15)11-6-8-12(9-7-11)16(3,4)5/h10-13H,6-9,17H2,1-5H3. The van der Waals surface area contributed by atoms with Gasteiger partial charge in [0.1, 0.15) is 0 Å². The normalized spacial score (nSPS) is 25.9. The highest BCUT2D eigenvalue weighted by Gasteiger charge is 2.32. The Balaban J connectivity index is 1.98. The van der Waals surface area contributed by atoms with Crippen molar-refractivity contribution < 1.29 is 4.52 Å². The minimum absolute atomic E-state index is 0.151. The van der Waals surface area contributed by atoms with Crippen molar-refractivity contribution in [1.29, 1.82) is 0 Å². The third-order valence-corrected chi connectivity index (χ3v) is 4.78. The Morgan fingerprint density at radius 3 is 2.25 bits per heavy atom. The second-order valence-electron chi connectivity index (χ2n) is 7.68. The monoisotopic (exact) mass is 279 g/mol. The van der Waals surface area contributed by atoms with Crippen molar-refractivity contribution in [3.8, 4) is 0 Å². The molecule has 0 aromatic carbocycles. The van der Waals surface area contributed by atoms with Gasteiger partial charge < -0.3 is 10.3 Å². The number of nitrogens with zero attached hydrogens (tertiary/aromatic N) is 2. The van der Waals surface area contributed by atoms with Crippen molar-refractivity contribution in [2.75, 3.05) is 0 Å². The molecule has 0 saturated heterocycles. The van der Waals surface area contributed by atoms with Crippen molar-refractivity contribution in [2.45, 2.75) is 72.3 Å². The summed E-state index contributed by atoms with van der Waals surface area (Å²) in [4.78, 5) is 4.54. The van der Waals surface area contributed by atoms with E-state index in [0.717, 1.165) is 24.6 Å². The summed E-state index contributed by atoms with van der Waals surface area (Å²) >= 11 is 0. The second kappa shape index (κ2) is 5.84. The van der Waals surface area contributed by atoms with E-state index in [1.165, 1.54) is 12.8 Å². The molecule has 1 unspecified atom stereocenters. The van der Waals surface area contributed by atoms with Crippen LogP contribution in [-0.4, -0.2) is 10.1 Å². The van der Waals surface area contributed by atoms with Crippen molar-refractivity contribution >= 4 is 0 Å². The largest absolute Gasteiger partial charge is 0.338 e. The molecule has 1 atom stereocenters. The van der Waals surface area contributed by atoms with Gasteiger partial charge in [0.25, 0.3) is 0 Å². The third-order valence-electron chi connectivity index (χ3n) is 4.78. The summed E-state index contributed by atoms with van der Waals surface area (Å²) in [6.45, 7) is 11.2. The van der Waals surface area contributed by atoms with E-state index >= 15 is 0 Å². The van der Waals surface area contributed by atoms with Crippen molar-refractivity contribution in [1.82, 2.24) is 10.1 Å². The molecule has 1 aromatic rings. The van der Waals surface area contributed by atoms with Crippen LogP contribution in [0.15, 0.2) is 4.52 Å². The summed E-state index contributed by atoms with van der Waals surface area (Å²) < 4.78 is 5.35. The minimum Gasteiger partial charge on any atom is -0.338 e. The first-order chi connectivity index (χ1) is 9.29. The van der Waals surface area contributed by atoms with Crippen LogP contribution in [0.2, 0.25) is 0 Å². The number of nitrogens with two attached hydrogens (primary N) is 1. The molecule has 4 nitrogen and oxygen atoms in total. The molecule has 0 amide bonds. The fourth-order valence-corrected chi connectivity index (χ4v) is 3.05. The second-order valence-corrected chi connectivity index (χ2v) is 7.68. The fraction of sp³-hybridized carbons (Fsp3) is 0.875. The minimum atomic E-state index is -0.151. The predicted molar refractivity (Wildman–Crippen MR) is 80.2 cm³/mol. The molecule has 2 rings (SSSR count). The molecule has 1 aliphatic rings. The first-order valence-electron chi connectivity index (χ1n) is 7.88. The molecular weight excluding hydrogens is 250 g/mol. The van der Waals surface area contributed by atoms with E-state index in [9.17, 15) is 0 Å². The van der Waals surface area contributed by atoms with E-state index in [1.807, 2.05) is 0 Å². The molecule has 20 heavy (non-hydrogen) atoms. The van der Waals surface area contributed by atoms with Gasteiger partial charge in [0.05, 0.1) is 6.04 Å². The van der Waals surface area contributed by atoms with Gasteiger partial charge in [0.15, 0.2) is 5.82 Å². The highest BCUT2D eigenvalue weighted by Crippen LogP contribution is 2.42. The molecule has 1 aliphatic carbocycles. The lowest BCUT2D eigenvalue weighted by atomic mass is 9.70. The Bertz CT molecular complexity index is 425. The number of aromatic nitrogens is 2. The summed E-state index contributed by atoms with van der Waals surface area (Å²) in [5, 5.41) is 4.16. The summed E-state index contributed by atoms with van der Waals surface area (Å²) in [6, 6.07) is -0.151. The molecule has 114 valence electrons. The lowest BCUT2D eigenvalue weighted by Gasteiger charge is -2.36. The molecule has 1 fully saturated rings. The molecule has 0 aliphatic heterocycles. The van der Waals surface area contributed by atoms with Crippen LogP contribution >= 0.6 is 0 Å². The summed E-state index contributed by atoms with van der Waals surface area (Å²) in [5.74, 6) is 3.03. The molecule has 1 heterocycles. The molecule has 2 N–H and O–H groups in total. The molecule has 0 radical (unpaired) electrons. The topological polar surface area (TPSA) is 64.9 Å². The van der Waals surface area contributed by atoms with Gasteiger partial charge in [-0.2, -0.15) is 4.98 Å². The SMILES string of the molecule is CC(C)C(N)c1nc(C2CCC(C(C)(C)C)CC2)no1. The van der Waals surface area contributed by atoms with E-state index < -0.39 is 0 Å². The van der Waals surface area contributed by atoms with Crippen LogP contribution in [0.3, 0.4) is 0 Å². The van der Waals surface area contributed by atoms with Gasteiger partial charge in [0.2, 0.25) is 5.89 Å². The predicted octanol–water partition coefficient (Wildman–Crippen LogP) is 4.05. The van der Waals surface area contributed by atoms with Crippen LogP contribution in [0.1, 0.15) is 84.0 Å². The smallest absolute Gasteiger partial charge is 0.243 e. The first-order valence-corrected chi connectivity index (χ1v) is 7.88. The van der Waals surface area contributed by atoms with E-state index in [2.05, 4.69) is 44.8 Å². The first kappa shape index (κ1) is 15.5. The van der Waals surface area contributed by atoms with E-state index in [4.69, 9.17) is 10.3 Å². The molecular formula is C16H29N3O. The quantitative estimate of drug-likeness (QED) is 0.906. The van der Waals surface area contributed by atoms with Crippen LogP contribution in [0.25, 0.3) is 0 Å². The van der Waals surface area contributed by atoms with Gasteiger partial charge in [-0.25, -0.2) is 0 Å². The van der Waals surface area contributed by atoms with Gasteiger partial charge in [0, 0.05) is 5.92 Å². The van der Waals surface area contributed by atoms with Gasteiger partial charge >= 0.3 is 0 Å². The maximum atomic E-state index is 6.06. The van der Waals surface area contributed by atoms with Crippen LogP contribution in [0.5, 0.6) is 0 Å². The highest BCUT2D eigenvalue weighted by atomic mass is 16.5. The van der Waals surface area contributed by atoms with Crippen LogP contribution < -0.4 is 5.73 Å².